The van der Waals surface area contributed by atoms with E-state index in [0.717, 1.165) is 0 Å². The summed E-state index contributed by atoms with van der Waals surface area (Å²) < 4.78 is 12.0. The maximum atomic E-state index is 7.47. The second kappa shape index (κ2) is 5.90. The van der Waals surface area contributed by atoms with E-state index < -0.39 is 5.79 Å². The molecule has 0 aliphatic carbocycles. The van der Waals surface area contributed by atoms with Crippen LogP contribution in [0.25, 0.3) is 0 Å². The van der Waals surface area contributed by atoms with Gasteiger partial charge in [0.05, 0.1) is 12.7 Å². The summed E-state index contributed by atoms with van der Waals surface area (Å²) in [5, 5.41) is 7.47. The lowest BCUT2D eigenvalue weighted by atomic mass is 9.86. The zero-order valence-electron chi connectivity index (χ0n) is 14.1. The van der Waals surface area contributed by atoms with Crippen LogP contribution in [0.15, 0.2) is 0 Å². The molecule has 3 heteroatoms. The third kappa shape index (κ3) is 2.90. The fourth-order valence-electron chi connectivity index (χ4n) is 3.24. The average molecular weight is 289 g/mol. The lowest BCUT2D eigenvalue weighted by Crippen LogP contribution is -2.34. The Bertz CT molecular complexity index is 536. The lowest BCUT2D eigenvalue weighted by Gasteiger charge is -2.29. The average Bonchev–Trinajstić information content (AvgIpc) is 2.81. The Morgan fingerprint density at radius 3 is 2.00 bits per heavy atom. The summed E-state index contributed by atoms with van der Waals surface area (Å²) in [5.41, 5.74) is 8.04. The predicted octanol–water partition coefficient (Wildman–Crippen LogP) is 3.94. The first-order valence-corrected chi connectivity index (χ1v) is 7.68. The molecule has 0 radical (unpaired) electrons. The smallest absolute Gasteiger partial charge is 0.177 e. The topological polar surface area (TPSA) is 42.3 Å². The van der Waals surface area contributed by atoms with Crippen molar-refractivity contribution in [1.29, 1.82) is 5.41 Å². The Labute approximate surface area is 128 Å². The molecule has 0 aromatic heterocycles. The van der Waals surface area contributed by atoms with E-state index in [9.17, 15) is 0 Å². The number of rotatable bonds is 4. The zero-order chi connectivity index (χ0) is 15.8. The molecule has 1 aromatic rings. The van der Waals surface area contributed by atoms with Crippen molar-refractivity contribution in [3.8, 4) is 0 Å². The highest BCUT2D eigenvalue weighted by atomic mass is 16.7. The molecule has 2 atom stereocenters. The van der Waals surface area contributed by atoms with Gasteiger partial charge in [-0.05, 0) is 74.9 Å². The van der Waals surface area contributed by atoms with Crippen LogP contribution in [0.2, 0.25) is 0 Å². The molecule has 1 N–H and O–H groups in total. The highest BCUT2D eigenvalue weighted by Gasteiger charge is 2.40. The van der Waals surface area contributed by atoms with Crippen molar-refractivity contribution < 1.29 is 9.47 Å². The fourth-order valence-corrected chi connectivity index (χ4v) is 3.24. The maximum absolute atomic E-state index is 7.47. The molecule has 2 rings (SSSR count). The van der Waals surface area contributed by atoms with Gasteiger partial charge in [0.2, 0.25) is 0 Å². The highest BCUT2D eigenvalue weighted by Crippen LogP contribution is 2.35. The Morgan fingerprint density at radius 1 is 1.05 bits per heavy atom. The van der Waals surface area contributed by atoms with Crippen LogP contribution in [0, 0.1) is 40.0 Å². The van der Waals surface area contributed by atoms with E-state index in [-0.39, 0.29) is 6.10 Å². The molecule has 1 aliphatic heterocycles. The molecule has 116 valence electrons. The van der Waals surface area contributed by atoms with Crippen LogP contribution in [0.1, 0.15) is 46.7 Å². The van der Waals surface area contributed by atoms with Crippen LogP contribution in [-0.4, -0.2) is 24.7 Å². The minimum absolute atomic E-state index is 0.0956. The van der Waals surface area contributed by atoms with Crippen LogP contribution in [0.4, 0.5) is 0 Å². The van der Waals surface area contributed by atoms with E-state index >= 15 is 0 Å². The minimum atomic E-state index is -0.662. The van der Waals surface area contributed by atoms with Gasteiger partial charge in [0, 0.05) is 19.1 Å². The SMILES string of the molecule is Cc1c(C)c(C)c(CC2(CC=N)OCC(C)O2)c(C)c1C. The van der Waals surface area contributed by atoms with E-state index in [1.54, 1.807) is 0 Å². The Kier molecular flexibility index (Phi) is 4.54. The summed E-state index contributed by atoms with van der Waals surface area (Å²) in [6, 6.07) is 0. The first-order chi connectivity index (χ1) is 9.81. The van der Waals surface area contributed by atoms with Gasteiger partial charge in [-0.1, -0.05) is 0 Å². The van der Waals surface area contributed by atoms with Crippen molar-refractivity contribution in [3.63, 3.8) is 0 Å². The summed E-state index contributed by atoms with van der Waals surface area (Å²) in [4.78, 5) is 0. The minimum Gasteiger partial charge on any atom is -0.346 e. The molecular formula is C18H27NO2. The number of hydrogen-bond donors (Lipinski definition) is 1. The Morgan fingerprint density at radius 2 is 1.57 bits per heavy atom. The van der Waals surface area contributed by atoms with Crippen LogP contribution in [0.5, 0.6) is 0 Å². The first-order valence-electron chi connectivity index (χ1n) is 7.68. The van der Waals surface area contributed by atoms with Crippen molar-refractivity contribution in [3.05, 3.63) is 33.4 Å². The van der Waals surface area contributed by atoms with E-state index in [4.69, 9.17) is 14.9 Å². The third-order valence-corrected chi connectivity index (χ3v) is 5.01. The monoisotopic (exact) mass is 289 g/mol. The van der Waals surface area contributed by atoms with Gasteiger partial charge in [0.1, 0.15) is 0 Å². The van der Waals surface area contributed by atoms with Gasteiger partial charge >= 0.3 is 0 Å². The molecule has 0 spiro atoms. The van der Waals surface area contributed by atoms with Crippen molar-refractivity contribution in [2.75, 3.05) is 6.61 Å². The first kappa shape index (κ1) is 16.2. The second-order valence-electron chi connectivity index (χ2n) is 6.34. The lowest BCUT2D eigenvalue weighted by molar-refractivity contribution is -0.159. The van der Waals surface area contributed by atoms with E-state index in [2.05, 4.69) is 34.6 Å². The van der Waals surface area contributed by atoms with Gasteiger partial charge < -0.3 is 14.9 Å². The molecule has 1 aliphatic rings. The van der Waals surface area contributed by atoms with Crippen LogP contribution in [0.3, 0.4) is 0 Å². The molecule has 2 unspecified atom stereocenters. The number of hydrogen-bond acceptors (Lipinski definition) is 3. The quantitative estimate of drug-likeness (QED) is 0.853. The van der Waals surface area contributed by atoms with Crippen molar-refractivity contribution in [1.82, 2.24) is 0 Å². The Balaban J connectivity index is 2.45. The van der Waals surface area contributed by atoms with Gasteiger partial charge in [-0.2, -0.15) is 0 Å². The second-order valence-corrected chi connectivity index (χ2v) is 6.34. The van der Waals surface area contributed by atoms with Crippen LogP contribution < -0.4 is 0 Å². The summed E-state index contributed by atoms with van der Waals surface area (Å²) in [7, 11) is 0. The van der Waals surface area contributed by atoms with Crippen molar-refractivity contribution in [2.45, 2.75) is 66.3 Å². The summed E-state index contributed by atoms with van der Waals surface area (Å²) >= 11 is 0. The van der Waals surface area contributed by atoms with Gasteiger partial charge in [0.15, 0.2) is 5.79 Å². The van der Waals surface area contributed by atoms with Gasteiger partial charge in [-0.25, -0.2) is 0 Å². The molecule has 3 nitrogen and oxygen atoms in total. The maximum Gasteiger partial charge on any atom is 0.177 e. The molecule has 0 bridgehead atoms. The standard InChI is InChI=1S/C18H27NO2/c1-11-10-20-18(21-11,7-8-19)9-17-15(5)13(3)12(2)14(4)16(17)6/h8,11,19H,7,9-10H2,1-6H3. The highest BCUT2D eigenvalue weighted by molar-refractivity contribution is 5.55. The predicted molar refractivity (Wildman–Crippen MR) is 86.5 cm³/mol. The van der Waals surface area contributed by atoms with Crippen molar-refractivity contribution in [2.24, 2.45) is 0 Å². The molecule has 1 fully saturated rings. The zero-order valence-corrected chi connectivity index (χ0v) is 14.1. The Hall–Kier alpha value is -1.19. The normalized spacial score (nSPS) is 25.3. The number of nitrogens with one attached hydrogen (secondary N) is 1. The van der Waals surface area contributed by atoms with Crippen LogP contribution >= 0.6 is 0 Å². The fraction of sp³-hybridized carbons (Fsp3) is 0.611. The molecule has 1 aromatic carbocycles. The molecule has 21 heavy (non-hydrogen) atoms. The van der Waals surface area contributed by atoms with Crippen molar-refractivity contribution >= 4 is 6.21 Å². The summed E-state index contributed by atoms with van der Waals surface area (Å²) in [5.74, 6) is -0.662. The molecule has 0 amide bonds. The van der Waals surface area contributed by atoms with Crippen LogP contribution in [-0.2, 0) is 15.9 Å². The molecular weight excluding hydrogens is 262 g/mol. The number of ether oxygens (including phenoxy) is 2. The van der Waals surface area contributed by atoms with E-state index in [0.29, 0.717) is 19.4 Å². The molecule has 1 heterocycles. The number of benzene rings is 1. The van der Waals surface area contributed by atoms with E-state index in [1.807, 2.05) is 6.92 Å². The third-order valence-electron chi connectivity index (χ3n) is 5.01. The summed E-state index contributed by atoms with van der Waals surface area (Å²) in [6.45, 7) is 13.5. The van der Waals surface area contributed by atoms with Gasteiger partial charge in [-0.15, -0.1) is 0 Å². The molecule has 1 saturated heterocycles. The molecule has 0 saturated carbocycles. The van der Waals surface area contributed by atoms with E-state index in [1.165, 1.54) is 39.6 Å². The summed E-state index contributed by atoms with van der Waals surface area (Å²) in [6.07, 6.45) is 2.71. The largest absolute Gasteiger partial charge is 0.346 e. The van der Waals surface area contributed by atoms with Gasteiger partial charge in [-0.3, -0.25) is 0 Å². The van der Waals surface area contributed by atoms with Gasteiger partial charge in [0.25, 0.3) is 0 Å².